The van der Waals surface area contributed by atoms with E-state index >= 15 is 0 Å². The molecule has 1 amide bonds. The first-order chi connectivity index (χ1) is 13.6. The van der Waals surface area contributed by atoms with Crippen LogP contribution in [0.1, 0.15) is 15.9 Å². The Morgan fingerprint density at radius 3 is 2.50 bits per heavy atom. The molecule has 0 aliphatic heterocycles. The van der Waals surface area contributed by atoms with E-state index in [1.54, 1.807) is 35.2 Å². The molecule has 0 bridgehead atoms. The summed E-state index contributed by atoms with van der Waals surface area (Å²) in [5, 5.41) is 4.25. The van der Waals surface area contributed by atoms with E-state index in [0.29, 0.717) is 21.4 Å². The summed E-state index contributed by atoms with van der Waals surface area (Å²) in [6.45, 7) is 0. The van der Waals surface area contributed by atoms with Crippen LogP contribution in [0.15, 0.2) is 71.1 Å². The molecule has 0 atom stereocenters. The molecule has 0 radical (unpaired) electrons. The molecule has 0 saturated carbocycles. The lowest BCUT2D eigenvalue weighted by Crippen LogP contribution is -2.11. The summed E-state index contributed by atoms with van der Waals surface area (Å²) < 4.78 is 1.94. The van der Waals surface area contributed by atoms with Crippen molar-refractivity contribution in [3.05, 3.63) is 87.9 Å². The maximum Gasteiger partial charge on any atom is 0.255 e. The minimum atomic E-state index is -0.132. The van der Waals surface area contributed by atoms with Crippen LogP contribution < -0.4 is 5.32 Å². The van der Waals surface area contributed by atoms with Gasteiger partial charge in [-0.1, -0.05) is 59.2 Å². The number of hydrogen-bond acceptors (Lipinski definition) is 4. The zero-order chi connectivity index (χ0) is 19.5. The lowest BCUT2D eigenvalue weighted by atomic mass is 10.2. The van der Waals surface area contributed by atoms with Crippen molar-refractivity contribution < 1.29 is 4.79 Å². The van der Waals surface area contributed by atoms with Gasteiger partial charge in [-0.05, 0) is 48.0 Å². The van der Waals surface area contributed by atoms with Gasteiger partial charge in [0.25, 0.3) is 5.91 Å². The average Bonchev–Trinajstić information content (AvgIpc) is 3.10. The lowest BCUT2D eigenvalue weighted by Gasteiger charge is -2.04. The summed E-state index contributed by atoms with van der Waals surface area (Å²) in [6, 6.07) is 20.4. The van der Waals surface area contributed by atoms with Crippen LogP contribution >= 0.6 is 46.3 Å². The van der Waals surface area contributed by atoms with Crippen LogP contribution in [0.25, 0.3) is 10.2 Å². The number of carbonyl (C=O) groups is 1. The summed E-state index contributed by atoms with van der Waals surface area (Å²) in [4.78, 5) is 17.0. The highest BCUT2D eigenvalue weighted by Gasteiger charge is 2.11. The minimum Gasteiger partial charge on any atom is -0.322 e. The van der Waals surface area contributed by atoms with E-state index in [4.69, 9.17) is 23.2 Å². The highest BCUT2D eigenvalue weighted by molar-refractivity contribution is 8.00. The Morgan fingerprint density at radius 2 is 1.75 bits per heavy atom. The van der Waals surface area contributed by atoms with Crippen molar-refractivity contribution in [3.63, 3.8) is 0 Å². The number of hydrogen-bond donors (Lipinski definition) is 1. The Morgan fingerprint density at radius 1 is 1.00 bits per heavy atom. The second-order valence-corrected chi connectivity index (χ2v) is 9.04. The summed E-state index contributed by atoms with van der Waals surface area (Å²) >= 11 is 15.7. The van der Waals surface area contributed by atoms with Gasteiger partial charge in [0.2, 0.25) is 0 Å². The van der Waals surface area contributed by atoms with Crippen molar-refractivity contribution in [2.45, 2.75) is 10.1 Å². The van der Waals surface area contributed by atoms with E-state index in [-0.39, 0.29) is 5.91 Å². The molecule has 0 aliphatic carbocycles. The van der Waals surface area contributed by atoms with Crippen molar-refractivity contribution in [1.29, 1.82) is 0 Å². The topological polar surface area (TPSA) is 42.0 Å². The molecule has 7 heteroatoms. The third-order valence-corrected chi connectivity index (χ3v) is 6.96. The van der Waals surface area contributed by atoms with Crippen molar-refractivity contribution in [2.75, 3.05) is 5.32 Å². The molecular formula is C21H14Cl2N2OS2. The van der Waals surface area contributed by atoms with Gasteiger partial charge in [0.15, 0.2) is 4.34 Å². The molecule has 1 heterocycles. The number of anilines is 1. The van der Waals surface area contributed by atoms with Crippen molar-refractivity contribution >= 4 is 68.1 Å². The van der Waals surface area contributed by atoms with Crippen molar-refractivity contribution in [1.82, 2.24) is 4.98 Å². The standard InChI is InChI=1S/C21H14Cl2N2OS2/c22-16-7-4-8-17(23)15(16)12-27-21-25-18-10-9-14(11-19(18)28-21)24-20(26)13-5-2-1-3-6-13/h1-11H,12H2,(H,24,26). The van der Waals surface area contributed by atoms with E-state index in [0.717, 1.165) is 25.8 Å². The van der Waals surface area contributed by atoms with Crippen LogP contribution in [0.2, 0.25) is 10.0 Å². The number of halogens is 2. The van der Waals surface area contributed by atoms with Crippen molar-refractivity contribution in [3.8, 4) is 0 Å². The highest BCUT2D eigenvalue weighted by atomic mass is 35.5. The summed E-state index contributed by atoms with van der Waals surface area (Å²) in [5.74, 6) is 0.517. The molecule has 28 heavy (non-hydrogen) atoms. The number of thiazole rings is 1. The second-order valence-electron chi connectivity index (χ2n) is 5.97. The number of fused-ring (bicyclic) bond motifs is 1. The highest BCUT2D eigenvalue weighted by Crippen LogP contribution is 2.36. The quantitative estimate of drug-likeness (QED) is 0.332. The number of benzene rings is 3. The molecule has 1 N–H and O–H groups in total. The van der Waals surface area contributed by atoms with Gasteiger partial charge in [0, 0.05) is 27.0 Å². The molecule has 3 nitrogen and oxygen atoms in total. The lowest BCUT2D eigenvalue weighted by molar-refractivity contribution is 0.102. The van der Waals surface area contributed by atoms with Crippen LogP contribution in [0.5, 0.6) is 0 Å². The maximum absolute atomic E-state index is 12.3. The molecular weight excluding hydrogens is 431 g/mol. The van der Waals surface area contributed by atoms with Gasteiger partial charge in [-0.2, -0.15) is 0 Å². The van der Waals surface area contributed by atoms with Gasteiger partial charge < -0.3 is 5.32 Å². The normalized spacial score (nSPS) is 10.9. The molecule has 3 aromatic carbocycles. The molecule has 1 aromatic heterocycles. The van der Waals surface area contributed by atoms with E-state index < -0.39 is 0 Å². The van der Waals surface area contributed by atoms with Crippen LogP contribution in [0.3, 0.4) is 0 Å². The summed E-state index contributed by atoms with van der Waals surface area (Å²) in [7, 11) is 0. The van der Waals surface area contributed by atoms with E-state index in [1.807, 2.05) is 54.6 Å². The Hall–Kier alpha value is -2.05. The molecule has 0 unspecified atom stereocenters. The fourth-order valence-electron chi connectivity index (χ4n) is 2.64. The first kappa shape index (κ1) is 19.3. The smallest absolute Gasteiger partial charge is 0.255 e. The second kappa shape index (κ2) is 8.53. The number of aromatic nitrogens is 1. The number of nitrogens with one attached hydrogen (secondary N) is 1. The zero-order valence-corrected chi connectivity index (χ0v) is 17.6. The number of rotatable bonds is 5. The summed E-state index contributed by atoms with van der Waals surface area (Å²) in [5.41, 5.74) is 3.18. The van der Waals surface area contributed by atoms with Gasteiger partial charge in [0.1, 0.15) is 0 Å². The average molecular weight is 445 g/mol. The monoisotopic (exact) mass is 444 g/mol. The van der Waals surface area contributed by atoms with Crippen LogP contribution in [-0.2, 0) is 5.75 Å². The van der Waals surface area contributed by atoms with Gasteiger partial charge in [-0.15, -0.1) is 11.3 Å². The maximum atomic E-state index is 12.3. The minimum absolute atomic E-state index is 0.132. The molecule has 0 spiro atoms. The largest absolute Gasteiger partial charge is 0.322 e. The van der Waals surface area contributed by atoms with E-state index in [9.17, 15) is 4.79 Å². The van der Waals surface area contributed by atoms with E-state index in [1.165, 1.54) is 0 Å². The number of amides is 1. The van der Waals surface area contributed by atoms with Gasteiger partial charge in [0.05, 0.1) is 10.2 Å². The molecule has 0 aliphatic rings. The first-order valence-electron chi connectivity index (χ1n) is 8.43. The Labute approximate surface area is 180 Å². The fourth-order valence-corrected chi connectivity index (χ4v) is 5.49. The Bertz CT molecular complexity index is 1130. The zero-order valence-electron chi connectivity index (χ0n) is 14.5. The van der Waals surface area contributed by atoms with Crippen LogP contribution in [0, 0.1) is 0 Å². The molecule has 4 aromatic rings. The van der Waals surface area contributed by atoms with Gasteiger partial charge >= 0.3 is 0 Å². The van der Waals surface area contributed by atoms with Crippen LogP contribution in [0.4, 0.5) is 5.69 Å². The third kappa shape index (κ3) is 4.33. The Kier molecular flexibility index (Phi) is 5.87. The number of nitrogens with zero attached hydrogens (tertiary/aromatic N) is 1. The summed E-state index contributed by atoms with van der Waals surface area (Å²) in [6.07, 6.45) is 0. The third-order valence-electron chi connectivity index (χ3n) is 4.06. The molecule has 0 fully saturated rings. The molecule has 4 rings (SSSR count). The predicted octanol–water partition coefficient (Wildman–Crippen LogP) is 7.15. The number of thioether (sulfide) groups is 1. The Balaban J connectivity index is 1.49. The van der Waals surface area contributed by atoms with Gasteiger partial charge in [-0.3, -0.25) is 4.79 Å². The first-order valence-corrected chi connectivity index (χ1v) is 11.0. The number of carbonyl (C=O) groups excluding carboxylic acids is 1. The SMILES string of the molecule is O=C(Nc1ccc2nc(SCc3c(Cl)cccc3Cl)sc2c1)c1ccccc1. The molecule has 0 saturated heterocycles. The predicted molar refractivity (Wildman–Crippen MR) is 120 cm³/mol. The molecule has 140 valence electrons. The van der Waals surface area contributed by atoms with E-state index in [2.05, 4.69) is 10.3 Å². The fraction of sp³-hybridized carbons (Fsp3) is 0.0476. The van der Waals surface area contributed by atoms with Crippen LogP contribution in [-0.4, -0.2) is 10.9 Å². The van der Waals surface area contributed by atoms with Gasteiger partial charge in [-0.25, -0.2) is 4.98 Å². The van der Waals surface area contributed by atoms with Crippen molar-refractivity contribution in [2.24, 2.45) is 0 Å².